The Bertz CT molecular complexity index is 111. The Labute approximate surface area is 78.8 Å². The Kier molecular flexibility index (Phi) is 24.3. The second kappa shape index (κ2) is 16.7. The zero-order valence-corrected chi connectivity index (χ0v) is 7.77. The van der Waals surface area contributed by atoms with Crippen LogP contribution in [0.5, 0.6) is 0 Å². The predicted molar refractivity (Wildman–Crippen MR) is 24.9 cm³/mol. The molecular weight excluding hydrogens is 256 g/mol. The molecule has 0 aliphatic carbocycles. The third kappa shape index (κ3) is 58.1. The Morgan fingerprint density at radius 3 is 1.08 bits per heavy atom. The Hall–Kier alpha value is -0.652. The van der Waals surface area contributed by atoms with Crippen LogP contribution in [0.3, 0.4) is 0 Å². The number of aliphatic hydroxyl groups excluding tert-OH is 2. The molecular formula is C4H6MoO7. The molecule has 0 aromatic heterocycles. The van der Waals surface area contributed by atoms with Crippen molar-refractivity contribution in [3.05, 3.63) is 0 Å². The molecule has 0 aromatic carbocycles. The molecule has 0 fully saturated rings. The van der Waals surface area contributed by atoms with Crippen LogP contribution in [-0.4, -0.2) is 35.4 Å². The van der Waals surface area contributed by atoms with Crippen molar-refractivity contribution in [3.8, 4) is 0 Å². The number of aliphatic carboxylic acids is 2. The predicted octanol–water partition coefficient (Wildman–Crippen LogP) is -4.66. The standard InChI is InChI=1S/2C2H4O3.Mo.O/c2*3-1-2(4)5;;/h2*3H,1H2,(H,4,5);;/q;;+2;/p-2. The molecule has 0 unspecified atom stereocenters. The fourth-order valence-electron chi connectivity index (χ4n) is 0. The minimum absolute atomic E-state index is 0.700. The van der Waals surface area contributed by atoms with E-state index in [9.17, 15) is 0 Å². The fourth-order valence-corrected chi connectivity index (χ4v) is 0. The summed E-state index contributed by atoms with van der Waals surface area (Å²) in [6, 6.07) is 0. The summed E-state index contributed by atoms with van der Waals surface area (Å²) >= 11 is 0.700. The molecule has 0 heterocycles. The van der Waals surface area contributed by atoms with Crippen LogP contribution in [0.25, 0.3) is 0 Å². The van der Waals surface area contributed by atoms with Crippen molar-refractivity contribution in [3.63, 3.8) is 0 Å². The van der Waals surface area contributed by atoms with Crippen LogP contribution in [0.2, 0.25) is 0 Å². The monoisotopic (exact) mass is 264 g/mol. The first kappa shape index (κ1) is 17.4. The van der Waals surface area contributed by atoms with Gasteiger partial charge in [0.15, 0.2) is 0 Å². The van der Waals surface area contributed by atoms with Crippen molar-refractivity contribution >= 4 is 11.9 Å². The van der Waals surface area contributed by atoms with Gasteiger partial charge in [-0.2, -0.15) is 0 Å². The first-order valence-corrected chi connectivity index (χ1v) is 3.14. The van der Waals surface area contributed by atoms with Crippen LogP contribution in [0, 0.1) is 0 Å². The summed E-state index contributed by atoms with van der Waals surface area (Å²) in [7, 11) is 0. The zero-order valence-electron chi connectivity index (χ0n) is 5.76. The summed E-state index contributed by atoms with van der Waals surface area (Å²) in [5.41, 5.74) is 0. The first-order chi connectivity index (χ1) is 5.54. The quantitative estimate of drug-likeness (QED) is 0.477. The van der Waals surface area contributed by atoms with Crippen LogP contribution < -0.4 is 10.2 Å². The van der Waals surface area contributed by atoms with E-state index in [1.165, 1.54) is 0 Å². The number of hydrogen-bond donors (Lipinski definition) is 2. The SMILES string of the molecule is O=C([O-])CO.O=C([O-])CO.[O]=[Mo+2]. The van der Waals surface area contributed by atoms with Crippen molar-refractivity contribution < 1.29 is 53.2 Å². The van der Waals surface area contributed by atoms with Gasteiger partial charge in [0.05, 0.1) is 25.2 Å². The van der Waals surface area contributed by atoms with E-state index in [-0.39, 0.29) is 0 Å². The average molecular weight is 262 g/mol. The number of rotatable bonds is 2. The summed E-state index contributed by atoms with van der Waals surface area (Å²) in [6.07, 6.45) is 0. The van der Waals surface area contributed by atoms with E-state index < -0.39 is 25.2 Å². The molecule has 0 aliphatic heterocycles. The minimum atomic E-state index is -1.44. The van der Waals surface area contributed by atoms with Crippen molar-refractivity contribution in [2.75, 3.05) is 13.2 Å². The van der Waals surface area contributed by atoms with Crippen LogP contribution in [-0.2, 0) is 32.8 Å². The molecule has 0 saturated heterocycles. The summed E-state index contributed by atoms with van der Waals surface area (Å²) < 4.78 is 8.26. The van der Waals surface area contributed by atoms with Gasteiger partial charge in [-0.15, -0.1) is 0 Å². The number of hydrogen-bond acceptors (Lipinski definition) is 7. The van der Waals surface area contributed by atoms with Gasteiger partial charge in [-0.05, 0) is 0 Å². The first-order valence-electron chi connectivity index (χ1n) is 2.32. The molecule has 2 N–H and O–H groups in total. The number of carboxylic acids is 2. The Balaban J connectivity index is -0.000000112. The molecule has 0 spiro atoms. The summed E-state index contributed by atoms with van der Waals surface area (Å²) in [6.45, 7) is -1.78. The summed E-state index contributed by atoms with van der Waals surface area (Å²) in [5, 5.41) is 33.0. The molecule has 0 saturated carbocycles. The van der Waals surface area contributed by atoms with Crippen molar-refractivity contribution in [2.45, 2.75) is 0 Å². The van der Waals surface area contributed by atoms with Crippen LogP contribution >= 0.6 is 0 Å². The van der Waals surface area contributed by atoms with E-state index in [1.54, 1.807) is 0 Å². The summed E-state index contributed by atoms with van der Waals surface area (Å²) in [4.78, 5) is 18.0. The molecule has 0 aromatic rings. The van der Waals surface area contributed by atoms with Gasteiger partial charge >= 0.3 is 23.2 Å². The maximum absolute atomic E-state index is 9.01. The van der Waals surface area contributed by atoms with Gasteiger partial charge in [0.1, 0.15) is 0 Å². The van der Waals surface area contributed by atoms with Gasteiger partial charge in [0.2, 0.25) is 0 Å². The van der Waals surface area contributed by atoms with Gasteiger partial charge in [-0.25, -0.2) is 0 Å². The maximum atomic E-state index is 9.01. The molecule has 12 heavy (non-hydrogen) atoms. The Morgan fingerprint density at radius 2 is 1.08 bits per heavy atom. The fraction of sp³-hybridized carbons (Fsp3) is 0.500. The van der Waals surface area contributed by atoms with Gasteiger partial charge in [0, 0.05) is 0 Å². The van der Waals surface area contributed by atoms with Crippen molar-refractivity contribution in [2.24, 2.45) is 0 Å². The van der Waals surface area contributed by atoms with Gasteiger partial charge in [-0.3, -0.25) is 0 Å². The van der Waals surface area contributed by atoms with Crippen LogP contribution in [0.1, 0.15) is 0 Å². The van der Waals surface area contributed by atoms with Gasteiger partial charge in [-0.1, -0.05) is 0 Å². The zero-order chi connectivity index (χ0) is 10.6. The van der Waals surface area contributed by atoms with E-state index in [0.717, 1.165) is 0 Å². The average Bonchev–Trinajstić information content (AvgIpc) is 2.09. The van der Waals surface area contributed by atoms with E-state index >= 15 is 0 Å². The topological polar surface area (TPSA) is 138 Å². The van der Waals surface area contributed by atoms with Crippen LogP contribution in [0.15, 0.2) is 0 Å². The summed E-state index contributed by atoms with van der Waals surface area (Å²) in [5.74, 6) is -2.88. The number of carbonyl (C=O) groups excluding carboxylic acids is 2. The van der Waals surface area contributed by atoms with E-state index in [2.05, 4.69) is 0 Å². The van der Waals surface area contributed by atoms with E-state index in [0.29, 0.717) is 19.8 Å². The molecule has 70 valence electrons. The van der Waals surface area contributed by atoms with Gasteiger partial charge < -0.3 is 30.0 Å². The normalized spacial score (nSPS) is 6.42. The molecule has 0 rings (SSSR count). The van der Waals surface area contributed by atoms with E-state index in [4.69, 9.17) is 33.4 Å². The number of carboxylic acid groups (broad SMARTS) is 2. The van der Waals surface area contributed by atoms with Crippen molar-refractivity contribution in [1.29, 1.82) is 0 Å². The Morgan fingerprint density at radius 1 is 1.00 bits per heavy atom. The van der Waals surface area contributed by atoms with Gasteiger partial charge in [0.25, 0.3) is 0 Å². The second-order valence-corrected chi connectivity index (χ2v) is 1.06. The molecule has 8 heteroatoms. The number of carbonyl (C=O) groups is 2. The van der Waals surface area contributed by atoms with E-state index in [1.807, 2.05) is 0 Å². The van der Waals surface area contributed by atoms with Crippen LogP contribution in [0.4, 0.5) is 0 Å². The van der Waals surface area contributed by atoms with Crippen molar-refractivity contribution in [1.82, 2.24) is 0 Å². The molecule has 0 aliphatic rings. The second-order valence-electron chi connectivity index (χ2n) is 1.06. The molecule has 7 nitrogen and oxygen atoms in total. The molecule has 0 radical (unpaired) electrons. The third-order valence-electron chi connectivity index (χ3n) is 0.258. The number of aliphatic hydroxyl groups is 2. The molecule has 0 bridgehead atoms. The molecule has 0 atom stereocenters. The third-order valence-corrected chi connectivity index (χ3v) is 0.258. The molecule has 0 amide bonds.